The number of nitrogens with one attached hydrogen (secondary N) is 1. The highest BCUT2D eigenvalue weighted by molar-refractivity contribution is 5.77. The van der Waals surface area contributed by atoms with E-state index >= 15 is 0 Å². The number of carboxylic acid groups (broad SMARTS) is 1. The van der Waals surface area contributed by atoms with E-state index in [1.807, 2.05) is 19.1 Å². The van der Waals surface area contributed by atoms with E-state index < -0.39 is 11.5 Å². The topological polar surface area (TPSA) is 85.8 Å². The van der Waals surface area contributed by atoms with Gasteiger partial charge in [0.25, 0.3) is 0 Å². The number of nitrogens with zero attached hydrogens (tertiary/aromatic N) is 3. The van der Waals surface area contributed by atoms with Crippen molar-refractivity contribution in [3.63, 3.8) is 0 Å². The minimum Gasteiger partial charge on any atom is -0.481 e. The average molecular weight is 360 g/mol. The molecule has 2 aliphatic rings. The summed E-state index contributed by atoms with van der Waals surface area (Å²) in [4.78, 5) is 32.5. The van der Waals surface area contributed by atoms with Gasteiger partial charge < -0.3 is 20.2 Å². The summed E-state index contributed by atoms with van der Waals surface area (Å²) in [6.07, 6.45) is 6.35. The molecule has 2 N–H and O–H groups in total. The van der Waals surface area contributed by atoms with Crippen LogP contribution in [0.5, 0.6) is 0 Å². The van der Waals surface area contributed by atoms with Gasteiger partial charge >= 0.3 is 12.0 Å². The van der Waals surface area contributed by atoms with Crippen LogP contribution in [-0.4, -0.2) is 58.7 Å². The molecule has 2 fully saturated rings. The van der Waals surface area contributed by atoms with Crippen molar-refractivity contribution in [2.45, 2.75) is 51.0 Å². The summed E-state index contributed by atoms with van der Waals surface area (Å²) in [5, 5.41) is 12.3. The monoisotopic (exact) mass is 360 g/mol. The summed E-state index contributed by atoms with van der Waals surface area (Å²) < 4.78 is 0. The molecule has 7 nitrogen and oxygen atoms in total. The lowest BCUT2D eigenvalue weighted by atomic mass is 9.79. The lowest BCUT2D eigenvalue weighted by molar-refractivity contribution is -0.139. The molecule has 1 aliphatic heterocycles. The standard InChI is InChI=1S/C19H28N4O3/c1-15-6-5-9-20-17(15)22-10-12-23(13-11-22)18(26)21-19(14-16(24)25)7-3-2-4-8-19/h5-6,9H,2-4,7-8,10-14H2,1H3,(H,21,26)(H,24,25). The molecule has 26 heavy (non-hydrogen) atoms. The lowest BCUT2D eigenvalue weighted by Gasteiger charge is -2.41. The van der Waals surface area contributed by atoms with Crippen molar-refractivity contribution >= 4 is 17.8 Å². The van der Waals surface area contributed by atoms with Crippen molar-refractivity contribution in [3.8, 4) is 0 Å². The highest BCUT2D eigenvalue weighted by Gasteiger charge is 2.37. The first-order valence-electron chi connectivity index (χ1n) is 9.45. The van der Waals surface area contributed by atoms with Gasteiger partial charge in [-0.25, -0.2) is 9.78 Å². The molecule has 0 unspecified atom stereocenters. The molecule has 0 bridgehead atoms. The van der Waals surface area contributed by atoms with E-state index in [-0.39, 0.29) is 12.5 Å². The highest BCUT2D eigenvalue weighted by atomic mass is 16.4. The number of piperazine rings is 1. The summed E-state index contributed by atoms with van der Waals surface area (Å²) in [6, 6.07) is 3.83. The number of amides is 2. The van der Waals surface area contributed by atoms with Gasteiger partial charge in [-0.2, -0.15) is 0 Å². The van der Waals surface area contributed by atoms with Crippen molar-refractivity contribution in [2.24, 2.45) is 0 Å². The van der Waals surface area contributed by atoms with E-state index in [0.717, 1.165) is 56.6 Å². The van der Waals surface area contributed by atoms with Gasteiger partial charge in [-0.05, 0) is 31.4 Å². The van der Waals surface area contributed by atoms with E-state index in [4.69, 9.17) is 0 Å². The SMILES string of the molecule is Cc1cccnc1N1CCN(C(=O)NC2(CC(=O)O)CCCCC2)CC1. The molecule has 0 radical (unpaired) electrons. The van der Waals surface area contributed by atoms with Crippen LogP contribution in [-0.2, 0) is 4.79 Å². The predicted octanol–water partition coefficient (Wildman–Crippen LogP) is 2.40. The molecule has 0 aromatic carbocycles. The molecule has 0 atom stereocenters. The maximum atomic E-state index is 12.8. The molecule has 2 heterocycles. The predicted molar refractivity (Wildman–Crippen MR) is 99.4 cm³/mol. The summed E-state index contributed by atoms with van der Waals surface area (Å²) in [5.74, 6) is 0.129. The first-order chi connectivity index (χ1) is 12.5. The number of aryl methyl sites for hydroxylation is 1. The minimum absolute atomic E-state index is 0.00579. The highest BCUT2D eigenvalue weighted by Crippen LogP contribution is 2.31. The first kappa shape index (κ1) is 18.5. The Hall–Kier alpha value is -2.31. The van der Waals surface area contributed by atoms with Crippen molar-refractivity contribution in [1.29, 1.82) is 0 Å². The average Bonchev–Trinajstić information content (AvgIpc) is 2.62. The summed E-state index contributed by atoms with van der Waals surface area (Å²) in [5.41, 5.74) is 0.545. The van der Waals surface area contributed by atoms with Crippen molar-refractivity contribution in [3.05, 3.63) is 23.9 Å². The second kappa shape index (κ2) is 7.93. The fourth-order valence-corrected chi connectivity index (χ4v) is 4.10. The van der Waals surface area contributed by atoms with Crippen LogP contribution < -0.4 is 10.2 Å². The first-order valence-corrected chi connectivity index (χ1v) is 9.45. The van der Waals surface area contributed by atoms with Crippen LogP contribution in [0.3, 0.4) is 0 Å². The van der Waals surface area contributed by atoms with Gasteiger partial charge in [0.2, 0.25) is 0 Å². The Morgan fingerprint density at radius 2 is 1.88 bits per heavy atom. The molecule has 1 aliphatic carbocycles. The maximum Gasteiger partial charge on any atom is 0.317 e. The smallest absolute Gasteiger partial charge is 0.317 e. The Balaban J connectivity index is 1.59. The van der Waals surface area contributed by atoms with Crippen molar-refractivity contribution in [2.75, 3.05) is 31.1 Å². The molecule has 7 heteroatoms. The number of hydrogen-bond donors (Lipinski definition) is 2. The summed E-state index contributed by atoms with van der Waals surface area (Å²) in [7, 11) is 0. The lowest BCUT2D eigenvalue weighted by Crippen LogP contribution is -2.58. The minimum atomic E-state index is -0.845. The molecule has 0 spiro atoms. The van der Waals surface area contributed by atoms with Crippen LogP contribution in [0.4, 0.5) is 10.6 Å². The number of hydrogen-bond acceptors (Lipinski definition) is 4. The van der Waals surface area contributed by atoms with Gasteiger partial charge in [0.1, 0.15) is 5.82 Å². The third-order valence-electron chi connectivity index (χ3n) is 5.52. The number of carboxylic acids is 1. The number of aromatic nitrogens is 1. The van der Waals surface area contributed by atoms with E-state index in [0.29, 0.717) is 13.1 Å². The number of aliphatic carboxylic acids is 1. The Morgan fingerprint density at radius 3 is 2.50 bits per heavy atom. The van der Waals surface area contributed by atoms with Crippen LogP contribution in [0.1, 0.15) is 44.1 Å². The number of urea groups is 1. The van der Waals surface area contributed by atoms with Crippen LogP contribution in [0.2, 0.25) is 0 Å². The fourth-order valence-electron chi connectivity index (χ4n) is 4.10. The molecule has 142 valence electrons. The number of anilines is 1. The van der Waals surface area contributed by atoms with Gasteiger partial charge in [-0.1, -0.05) is 25.3 Å². The zero-order valence-corrected chi connectivity index (χ0v) is 15.4. The van der Waals surface area contributed by atoms with Gasteiger partial charge in [0, 0.05) is 32.4 Å². The van der Waals surface area contributed by atoms with E-state index in [1.54, 1.807) is 11.1 Å². The van der Waals surface area contributed by atoms with E-state index in [9.17, 15) is 14.7 Å². The fraction of sp³-hybridized carbons (Fsp3) is 0.632. The number of carbonyl (C=O) groups excluding carboxylic acids is 1. The molecule has 1 saturated carbocycles. The maximum absolute atomic E-state index is 12.8. The van der Waals surface area contributed by atoms with Gasteiger partial charge in [0.05, 0.1) is 12.0 Å². The summed E-state index contributed by atoms with van der Waals surface area (Å²) >= 11 is 0. The summed E-state index contributed by atoms with van der Waals surface area (Å²) in [6.45, 7) is 4.74. The molecule has 1 aromatic rings. The number of rotatable bonds is 4. The molecular weight excluding hydrogens is 332 g/mol. The Bertz CT molecular complexity index is 650. The number of carbonyl (C=O) groups is 2. The Morgan fingerprint density at radius 1 is 1.19 bits per heavy atom. The third-order valence-corrected chi connectivity index (χ3v) is 5.52. The largest absolute Gasteiger partial charge is 0.481 e. The van der Waals surface area contributed by atoms with Gasteiger partial charge in [-0.3, -0.25) is 4.79 Å². The second-order valence-corrected chi connectivity index (χ2v) is 7.46. The molecule has 3 rings (SSSR count). The molecule has 1 saturated heterocycles. The van der Waals surface area contributed by atoms with Crippen molar-refractivity contribution < 1.29 is 14.7 Å². The molecule has 2 amide bonds. The Kier molecular flexibility index (Phi) is 5.64. The van der Waals surface area contributed by atoms with Crippen LogP contribution in [0, 0.1) is 6.92 Å². The number of pyridine rings is 1. The van der Waals surface area contributed by atoms with Gasteiger partial charge in [-0.15, -0.1) is 0 Å². The van der Waals surface area contributed by atoms with Crippen LogP contribution in [0.15, 0.2) is 18.3 Å². The Labute approximate surface area is 154 Å². The second-order valence-electron chi connectivity index (χ2n) is 7.46. The van der Waals surface area contributed by atoms with Crippen molar-refractivity contribution in [1.82, 2.24) is 15.2 Å². The van der Waals surface area contributed by atoms with Gasteiger partial charge in [0.15, 0.2) is 0 Å². The van der Waals surface area contributed by atoms with E-state index in [1.165, 1.54) is 0 Å². The zero-order chi connectivity index (χ0) is 18.6. The zero-order valence-electron chi connectivity index (χ0n) is 15.4. The molecule has 1 aromatic heterocycles. The van der Waals surface area contributed by atoms with Crippen LogP contribution in [0.25, 0.3) is 0 Å². The third kappa shape index (κ3) is 4.26. The quantitative estimate of drug-likeness (QED) is 0.861. The van der Waals surface area contributed by atoms with E-state index in [2.05, 4.69) is 15.2 Å². The molecular formula is C19H28N4O3. The van der Waals surface area contributed by atoms with Crippen LogP contribution >= 0.6 is 0 Å². The normalized spacial score (nSPS) is 19.9.